The fraction of sp³-hybridized carbons (Fsp3) is 0.393. The van der Waals surface area contributed by atoms with Crippen LogP contribution in [0.1, 0.15) is 79.7 Å². The van der Waals surface area contributed by atoms with Gasteiger partial charge < -0.3 is 40.5 Å². The number of aromatic nitrogens is 6. The third-order valence-electron chi connectivity index (χ3n) is 15.3. The number of phenols is 3. The molecule has 0 spiro atoms. The zero-order valence-electron chi connectivity index (χ0n) is 42.2. The van der Waals surface area contributed by atoms with Gasteiger partial charge in [-0.2, -0.15) is 23.1 Å². The fourth-order valence-corrected chi connectivity index (χ4v) is 11.0. The first-order valence-electron chi connectivity index (χ1n) is 25.6. The summed E-state index contributed by atoms with van der Waals surface area (Å²) in [6.07, 6.45) is 6.80. The highest BCUT2D eigenvalue weighted by Gasteiger charge is 2.46. The maximum atomic E-state index is 17.2. The first-order valence-corrected chi connectivity index (χ1v) is 25.6. The van der Waals surface area contributed by atoms with Crippen molar-refractivity contribution >= 4 is 33.4 Å². The predicted molar refractivity (Wildman–Crippen MR) is 278 cm³/mol. The number of anilines is 1. The molecule has 394 valence electrons. The molecule has 4 aliphatic rings. The Hall–Kier alpha value is -7.60. The van der Waals surface area contributed by atoms with Crippen molar-refractivity contribution in [1.82, 2.24) is 50.1 Å². The number of halogens is 4. The molecule has 1 amide bonds. The number of pyridine rings is 1. The van der Waals surface area contributed by atoms with E-state index in [4.69, 9.17) is 21.1 Å². The molecule has 4 fully saturated rings. The molecule has 1 saturated carbocycles. The number of piperazine rings is 2. The summed E-state index contributed by atoms with van der Waals surface area (Å²) in [5.74, 6) is 0.391. The molecule has 76 heavy (non-hydrogen) atoms. The van der Waals surface area contributed by atoms with Gasteiger partial charge in [0.15, 0.2) is 11.6 Å². The van der Waals surface area contributed by atoms with Gasteiger partial charge in [-0.05, 0) is 91.4 Å². The Morgan fingerprint density at radius 2 is 1.64 bits per heavy atom. The normalized spacial score (nSPS) is 19.1. The maximum Gasteiger partial charge on any atom is 0.408 e. The number of amides is 1. The van der Waals surface area contributed by atoms with Crippen molar-refractivity contribution in [3.05, 3.63) is 101 Å². The summed E-state index contributed by atoms with van der Waals surface area (Å²) in [4.78, 5) is 34.6. The van der Waals surface area contributed by atoms with Crippen LogP contribution < -0.4 is 20.3 Å². The molecular formula is C56H57F4N11O5. The van der Waals surface area contributed by atoms with E-state index in [9.17, 15) is 33.3 Å². The number of rotatable bonds is 14. The lowest BCUT2D eigenvalue weighted by atomic mass is 9.96. The summed E-state index contributed by atoms with van der Waals surface area (Å²) in [7, 11) is 0. The monoisotopic (exact) mass is 1040 g/mol. The van der Waals surface area contributed by atoms with E-state index in [1.165, 1.54) is 22.8 Å². The molecule has 2 bridgehead atoms. The molecule has 0 radical (unpaired) electrons. The summed E-state index contributed by atoms with van der Waals surface area (Å²) in [6, 6.07) is 16.8. The smallest absolute Gasteiger partial charge is 0.408 e. The average molecular weight is 1040 g/mol. The number of benzene rings is 4. The van der Waals surface area contributed by atoms with Crippen LogP contribution in [0.2, 0.25) is 0 Å². The van der Waals surface area contributed by atoms with E-state index in [1.807, 2.05) is 37.4 Å². The predicted octanol–water partition coefficient (Wildman–Crippen LogP) is 8.05. The molecule has 16 nitrogen and oxygen atoms in total. The number of hydrogen-bond donors (Lipinski definition) is 5. The standard InChI is InChI=1S/C56H57F4N11O5/c1-5-34-7-6-8-35-21-39(72)22-42(46(34)35)48-47(57)49-43(25-61-48)50(70-27-36-11-12-37(28-70)63-36)65-54(64-49)76-30-55(15-16-55)29-69-19-17-68(18-20-69)26-33-9-13-38(14-10-33)71-51(41-23-40(31(2)3)44(73)24-45(41)74)66-67-52(71)53(75)62-32(4)56(58,59)60/h1,6-10,13-14,21-25,31-32,36-37,63,72-74H,11-12,15-20,26-30H2,2-4H3,(H,62,75). The second-order valence-electron chi connectivity index (χ2n) is 21.1. The Balaban J connectivity index is 0.783. The van der Waals surface area contributed by atoms with Crippen LogP contribution in [0, 0.1) is 23.6 Å². The van der Waals surface area contributed by atoms with Crippen molar-refractivity contribution in [3.8, 4) is 63.9 Å². The molecule has 6 heterocycles. The Morgan fingerprint density at radius 1 is 0.921 bits per heavy atom. The van der Waals surface area contributed by atoms with E-state index >= 15 is 4.39 Å². The van der Waals surface area contributed by atoms with Crippen LogP contribution in [0.4, 0.5) is 23.4 Å². The topological polar surface area (TPSA) is 190 Å². The lowest BCUT2D eigenvalue weighted by Crippen LogP contribution is -2.51. The number of hydrogen-bond acceptors (Lipinski definition) is 14. The second kappa shape index (κ2) is 19.8. The van der Waals surface area contributed by atoms with Crippen molar-refractivity contribution in [2.75, 3.05) is 57.3 Å². The van der Waals surface area contributed by atoms with Crippen molar-refractivity contribution in [2.45, 2.75) is 83.2 Å². The Bertz CT molecular complexity index is 3410. The molecular weight excluding hydrogens is 983 g/mol. The highest BCUT2D eigenvalue weighted by molar-refractivity contribution is 6.03. The number of fused-ring (bicyclic) bond motifs is 4. The van der Waals surface area contributed by atoms with Gasteiger partial charge in [0.25, 0.3) is 5.91 Å². The quantitative estimate of drug-likeness (QED) is 0.0520. The minimum absolute atomic E-state index is 0.00340. The zero-order valence-corrected chi connectivity index (χ0v) is 42.2. The van der Waals surface area contributed by atoms with E-state index in [0.29, 0.717) is 70.6 Å². The van der Waals surface area contributed by atoms with Gasteiger partial charge in [-0.25, -0.2) is 4.39 Å². The number of ether oxygens (including phenoxy) is 1. The van der Waals surface area contributed by atoms with Crippen LogP contribution in [0.25, 0.3) is 50.0 Å². The van der Waals surface area contributed by atoms with Gasteiger partial charge in [-0.1, -0.05) is 44.0 Å². The number of nitrogens with one attached hydrogen (secondary N) is 2. The van der Waals surface area contributed by atoms with Crippen molar-refractivity contribution < 1.29 is 42.4 Å². The fourth-order valence-electron chi connectivity index (χ4n) is 11.0. The number of phenolic OH excluding ortho intramolecular Hbond substituents is 3. The first-order chi connectivity index (χ1) is 36.4. The summed E-state index contributed by atoms with van der Waals surface area (Å²) >= 11 is 0. The van der Waals surface area contributed by atoms with Crippen LogP contribution >= 0.6 is 0 Å². The SMILES string of the molecule is C#Cc1cccc2cc(O)cc(-c3ncc4c(N5CC6CCC(C5)N6)nc(OCC5(CN6CCN(Cc7ccc(-n8c(C(=O)NC(C)C(F)(F)F)nnc8-c8cc(C(C)C)c(O)cc8O)cc7)CC6)CC5)nc4c3F)c12. The van der Waals surface area contributed by atoms with Crippen molar-refractivity contribution in [1.29, 1.82) is 0 Å². The van der Waals surface area contributed by atoms with Gasteiger partial charge in [0.2, 0.25) is 5.82 Å². The number of terminal acetylenes is 1. The van der Waals surface area contributed by atoms with Gasteiger partial charge in [0.1, 0.15) is 40.3 Å². The number of nitrogens with zero attached hydrogens (tertiary/aromatic N) is 9. The van der Waals surface area contributed by atoms with Crippen LogP contribution in [0.15, 0.2) is 72.9 Å². The molecule has 1 aliphatic carbocycles. The molecule has 3 atom stereocenters. The van der Waals surface area contributed by atoms with Gasteiger partial charge in [-0.3, -0.25) is 19.2 Å². The molecule has 3 saturated heterocycles. The zero-order chi connectivity index (χ0) is 53.2. The molecule has 4 aromatic carbocycles. The lowest BCUT2D eigenvalue weighted by Gasteiger charge is -2.36. The average Bonchev–Trinajstić information content (AvgIpc) is 3.92. The number of aromatic hydroxyl groups is 3. The third-order valence-corrected chi connectivity index (χ3v) is 15.3. The van der Waals surface area contributed by atoms with Gasteiger partial charge in [-0.15, -0.1) is 16.6 Å². The lowest BCUT2D eigenvalue weighted by molar-refractivity contribution is -0.149. The Labute approximate surface area is 435 Å². The van der Waals surface area contributed by atoms with E-state index in [0.717, 1.165) is 70.9 Å². The molecule has 3 aromatic heterocycles. The summed E-state index contributed by atoms with van der Waals surface area (Å²) in [6.45, 7) is 10.9. The number of carbonyl (C=O) groups is 1. The summed E-state index contributed by atoms with van der Waals surface area (Å²) < 4.78 is 65.6. The van der Waals surface area contributed by atoms with Gasteiger partial charge in [0.05, 0.1) is 17.6 Å². The van der Waals surface area contributed by atoms with Crippen molar-refractivity contribution in [2.24, 2.45) is 5.41 Å². The third kappa shape index (κ3) is 9.90. The van der Waals surface area contributed by atoms with E-state index in [-0.39, 0.29) is 69.3 Å². The highest BCUT2D eigenvalue weighted by atomic mass is 19.4. The van der Waals surface area contributed by atoms with E-state index < -0.39 is 29.8 Å². The minimum atomic E-state index is -4.70. The molecule has 5 N–H and O–H groups in total. The van der Waals surface area contributed by atoms with Crippen LogP contribution in [-0.4, -0.2) is 137 Å². The van der Waals surface area contributed by atoms with E-state index in [2.05, 4.69) is 41.1 Å². The Morgan fingerprint density at radius 3 is 2.33 bits per heavy atom. The van der Waals surface area contributed by atoms with Crippen LogP contribution in [0.3, 0.4) is 0 Å². The first kappa shape index (κ1) is 50.6. The molecule has 20 heteroatoms. The molecule has 7 aromatic rings. The second-order valence-corrected chi connectivity index (χ2v) is 21.1. The summed E-state index contributed by atoms with van der Waals surface area (Å²) in [5, 5.41) is 47.7. The number of carbonyl (C=O) groups excluding carboxylic acids is 1. The number of alkyl halides is 3. The van der Waals surface area contributed by atoms with E-state index in [1.54, 1.807) is 36.5 Å². The minimum Gasteiger partial charge on any atom is -0.508 e. The highest BCUT2D eigenvalue weighted by Crippen LogP contribution is 2.47. The van der Waals surface area contributed by atoms with Gasteiger partial charge >= 0.3 is 12.2 Å². The van der Waals surface area contributed by atoms with Crippen LogP contribution in [0.5, 0.6) is 23.3 Å². The van der Waals surface area contributed by atoms with Crippen molar-refractivity contribution in [3.63, 3.8) is 0 Å². The maximum absolute atomic E-state index is 17.2. The summed E-state index contributed by atoms with van der Waals surface area (Å²) in [5.41, 5.74) is 2.82. The van der Waals surface area contributed by atoms with Crippen LogP contribution in [-0.2, 0) is 6.54 Å². The molecule has 3 aliphatic heterocycles. The largest absolute Gasteiger partial charge is 0.508 e. The van der Waals surface area contributed by atoms with Gasteiger partial charge in [0, 0.05) is 104 Å². The molecule has 3 unspecified atom stereocenters. The molecule has 11 rings (SSSR count). The Kier molecular flexibility index (Phi) is 13.2.